The summed E-state index contributed by atoms with van der Waals surface area (Å²) >= 11 is 6.34. The highest BCUT2D eigenvalue weighted by atomic mass is 35.5. The largest absolute Gasteiger partial charge is 0.489 e. The van der Waals surface area contributed by atoms with Crippen LogP contribution in [0.2, 0.25) is 5.02 Å². The number of benzene rings is 2. The summed E-state index contributed by atoms with van der Waals surface area (Å²) in [6, 6.07) is 12.7. The number of nitrogens with zero attached hydrogens (tertiary/aromatic N) is 1. The molecule has 2 aromatic carbocycles. The Kier molecular flexibility index (Phi) is 3.35. The van der Waals surface area contributed by atoms with E-state index in [0.29, 0.717) is 5.02 Å². The lowest BCUT2D eigenvalue weighted by Gasteiger charge is -2.13. The first-order chi connectivity index (χ1) is 9.54. The summed E-state index contributed by atoms with van der Waals surface area (Å²) < 4.78 is 5.74. The van der Waals surface area contributed by atoms with Crippen LogP contribution in [0.3, 0.4) is 0 Å². The normalized spacial score (nSPS) is 16.7. The van der Waals surface area contributed by atoms with Gasteiger partial charge in [-0.1, -0.05) is 23.7 Å². The van der Waals surface area contributed by atoms with Crippen molar-refractivity contribution in [1.82, 2.24) is 0 Å². The highest BCUT2D eigenvalue weighted by molar-refractivity contribution is 6.32. The fourth-order valence-corrected chi connectivity index (χ4v) is 2.89. The number of hydrogen-bond donors (Lipinski definition) is 0. The number of ether oxygens (including phenoxy) is 1. The van der Waals surface area contributed by atoms with Gasteiger partial charge in [-0.25, -0.2) is 0 Å². The van der Waals surface area contributed by atoms with E-state index >= 15 is 0 Å². The van der Waals surface area contributed by atoms with Gasteiger partial charge >= 0.3 is 0 Å². The van der Waals surface area contributed by atoms with Crippen molar-refractivity contribution in [2.45, 2.75) is 19.4 Å². The molecule has 0 bridgehead atoms. The van der Waals surface area contributed by atoms with Crippen molar-refractivity contribution < 1.29 is 4.74 Å². The van der Waals surface area contributed by atoms with Gasteiger partial charge in [-0.3, -0.25) is 0 Å². The van der Waals surface area contributed by atoms with Crippen molar-refractivity contribution in [3.05, 3.63) is 47.0 Å². The lowest BCUT2D eigenvalue weighted by molar-refractivity contribution is 0.255. The molecule has 2 aromatic rings. The van der Waals surface area contributed by atoms with Crippen LogP contribution in [0.4, 0.5) is 5.69 Å². The lowest BCUT2D eigenvalue weighted by atomic mass is 10.0. The summed E-state index contributed by atoms with van der Waals surface area (Å²) in [5.41, 5.74) is 4.73. The third-order valence-electron chi connectivity index (χ3n) is 3.66. The van der Waals surface area contributed by atoms with E-state index in [4.69, 9.17) is 16.3 Å². The first-order valence-electron chi connectivity index (χ1n) is 6.81. The quantitative estimate of drug-likeness (QED) is 0.812. The second-order valence-corrected chi connectivity index (χ2v) is 5.93. The molecule has 0 saturated carbocycles. The van der Waals surface area contributed by atoms with E-state index in [9.17, 15) is 0 Å². The smallest absolute Gasteiger partial charge is 0.141 e. The van der Waals surface area contributed by atoms with Gasteiger partial charge in [-0.2, -0.15) is 0 Å². The van der Waals surface area contributed by atoms with Gasteiger partial charge in [0.2, 0.25) is 0 Å². The zero-order valence-electron chi connectivity index (χ0n) is 12.0. The Bertz CT molecular complexity index is 634. The third kappa shape index (κ3) is 2.36. The molecule has 0 saturated heterocycles. The van der Waals surface area contributed by atoms with E-state index in [2.05, 4.69) is 42.2 Å². The van der Waals surface area contributed by atoms with Gasteiger partial charge in [0.1, 0.15) is 11.9 Å². The monoisotopic (exact) mass is 287 g/mol. The van der Waals surface area contributed by atoms with Crippen molar-refractivity contribution in [3.63, 3.8) is 0 Å². The fourth-order valence-electron chi connectivity index (χ4n) is 2.61. The molecule has 0 aliphatic carbocycles. The van der Waals surface area contributed by atoms with Gasteiger partial charge < -0.3 is 9.64 Å². The first-order valence-corrected chi connectivity index (χ1v) is 7.19. The van der Waals surface area contributed by atoms with Crippen molar-refractivity contribution >= 4 is 17.3 Å². The van der Waals surface area contributed by atoms with Gasteiger partial charge in [0, 0.05) is 26.2 Å². The Morgan fingerprint density at radius 3 is 2.45 bits per heavy atom. The molecule has 3 rings (SSSR count). The Hall–Kier alpha value is -1.67. The Morgan fingerprint density at radius 2 is 1.80 bits per heavy atom. The fraction of sp³-hybridized carbons (Fsp3) is 0.294. The second-order valence-electron chi connectivity index (χ2n) is 5.52. The molecule has 3 heteroatoms. The zero-order valence-corrected chi connectivity index (χ0v) is 12.7. The van der Waals surface area contributed by atoms with Crippen LogP contribution in [0.15, 0.2) is 36.4 Å². The summed E-state index contributed by atoms with van der Waals surface area (Å²) in [5.74, 6) is 0.854. The van der Waals surface area contributed by atoms with Crippen LogP contribution in [-0.4, -0.2) is 20.2 Å². The SMILES string of the molecule is CC1Cc2cc(-c3ccc(N(C)C)cc3)cc(Cl)c2O1. The minimum atomic E-state index is 0.217. The summed E-state index contributed by atoms with van der Waals surface area (Å²) in [4.78, 5) is 2.09. The zero-order chi connectivity index (χ0) is 14.3. The first kappa shape index (κ1) is 13.3. The topological polar surface area (TPSA) is 12.5 Å². The number of halogens is 1. The maximum absolute atomic E-state index is 6.34. The molecule has 0 amide bonds. The predicted molar refractivity (Wildman–Crippen MR) is 85.0 cm³/mol. The van der Waals surface area contributed by atoms with Crippen LogP contribution < -0.4 is 9.64 Å². The number of hydrogen-bond acceptors (Lipinski definition) is 2. The van der Waals surface area contributed by atoms with E-state index in [1.807, 2.05) is 20.2 Å². The average Bonchev–Trinajstić information content (AvgIpc) is 2.80. The molecular weight excluding hydrogens is 270 g/mol. The van der Waals surface area contributed by atoms with Crippen LogP contribution in [0, 0.1) is 0 Å². The van der Waals surface area contributed by atoms with Crippen molar-refractivity contribution in [2.24, 2.45) is 0 Å². The highest BCUT2D eigenvalue weighted by Crippen LogP contribution is 2.39. The Balaban J connectivity index is 1.99. The van der Waals surface area contributed by atoms with Gasteiger partial charge in [0.25, 0.3) is 0 Å². The molecule has 1 unspecified atom stereocenters. The van der Waals surface area contributed by atoms with Crippen LogP contribution in [0.1, 0.15) is 12.5 Å². The second kappa shape index (κ2) is 5.02. The van der Waals surface area contributed by atoms with E-state index < -0.39 is 0 Å². The minimum Gasteiger partial charge on any atom is -0.489 e. The highest BCUT2D eigenvalue weighted by Gasteiger charge is 2.22. The third-order valence-corrected chi connectivity index (χ3v) is 3.94. The standard InChI is InChI=1S/C17H18ClNO/c1-11-8-14-9-13(10-16(18)17(14)20-11)12-4-6-15(7-5-12)19(2)3/h4-7,9-11H,8H2,1-3H3. The predicted octanol–water partition coefficient (Wildman–Crippen LogP) is 4.40. The van der Waals surface area contributed by atoms with E-state index in [0.717, 1.165) is 17.7 Å². The van der Waals surface area contributed by atoms with Crippen molar-refractivity contribution in [2.75, 3.05) is 19.0 Å². The molecule has 1 aliphatic rings. The minimum absolute atomic E-state index is 0.217. The molecule has 0 aromatic heterocycles. The molecule has 1 aliphatic heterocycles. The summed E-state index contributed by atoms with van der Waals surface area (Å²) in [7, 11) is 4.08. The van der Waals surface area contributed by atoms with Gasteiger partial charge in [0.15, 0.2) is 0 Å². The Labute approximate surface area is 124 Å². The number of rotatable bonds is 2. The summed E-state index contributed by atoms with van der Waals surface area (Å²) in [6.45, 7) is 2.07. The lowest BCUT2D eigenvalue weighted by Crippen LogP contribution is -2.07. The van der Waals surface area contributed by atoms with E-state index in [1.165, 1.54) is 16.8 Å². The summed E-state index contributed by atoms with van der Waals surface area (Å²) in [6.07, 6.45) is 1.15. The number of fused-ring (bicyclic) bond motifs is 1. The molecule has 1 heterocycles. The molecule has 104 valence electrons. The van der Waals surface area contributed by atoms with Crippen LogP contribution in [0.25, 0.3) is 11.1 Å². The maximum Gasteiger partial charge on any atom is 0.141 e. The molecule has 0 radical (unpaired) electrons. The molecule has 0 fully saturated rings. The molecule has 1 atom stereocenters. The van der Waals surface area contributed by atoms with Crippen LogP contribution in [0.5, 0.6) is 5.75 Å². The summed E-state index contributed by atoms with van der Waals surface area (Å²) in [5, 5.41) is 0.707. The van der Waals surface area contributed by atoms with E-state index in [1.54, 1.807) is 0 Å². The van der Waals surface area contributed by atoms with Gasteiger partial charge in [0.05, 0.1) is 5.02 Å². The van der Waals surface area contributed by atoms with Gasteiger partial charge in [-0.15, -0.1) is 0 Å². The van der Waals surface area contributed by atoms with Crippen LogP contribution in [-0.2, 0) is 6.42 Å². The molecular formula is C17H18ClNO. The molecule has 0 spiro atoms. The van der Waals surface area contributed by atoms with E-state index in [-0.39, 0.29) is 6.10 Å². The molecule has 20 heavy (non-hydrogen) atoms. The van der Waals surface area contributed by atoms with Crippen molar-refractivity contribution in [3.8, 4) is 16.9 Å². The molecule has 2 nitrogen and oxygen atoms in total. The van der Waals surface area contributed by atoms with Crippen molar-refractivity contribution in [1.29, 1.82) is 0 Å². The average molecular weight is 288 g/mol. The molecule has 0 N–H and O–H groups in total. The Morgan fingerprint density at radius 1 is 1.10 bits per heavy atom. The van der Waals surface area contributed by atoms with Crippen LogP contribution >= 0.6 is 11.6 Å². The van der Waals surface area contributed by atoms with Gasteiger partial charge in [-0.05, 0) is 47.9 Å². The number of anilines is 1. The maximum atomic E-state index is 6.34.